The van der Waals surface area contributed by atoms with Crippen molar-refractivity contribution in [2.45, 2.75) is 71.0 Å². The van der Waals surface area contributed by atoms with E-state index in [-0.39, 0.29) is 6.04 Å². The molecule has 3 atom stereocenters. The topological polar surface area (TPSA) is 37.2 Å². The van der Waals surface area contributed by atoms with Crippen LogP contribution < -0.4 is 10.6 Å². The Morgan fingerprint density at radius 2 is 2.16 bits per heavy atom. The van der Waals surface area contributed by atoms with Gasteiger partial charge < -0.3 is 15.1 Å². The predicted octanol–water partition coefficient (Wildman–Crippen LogP) is 3.55. The van der Waals surface area contributed by atoms with Gasteiger partial charge >= 0.3 is 0 Å². The maximum absolute atomic E-state index is 5.68. The second-order valence-electron chi connectivity index (χ2n) is 5.97. The van der Waals surface area contributed by atoms with Crippen molar-refractivity contribution in [3.8, 4) is 0 Å². The average Bonchev–Trinajstić information content (AvgIpc) is 2.64. The summed E-state index contributed by atoms with van der Waals surface area (Å²) in [5, 5.41) is 7.31. The second-order valence-corrected chi connectivity index (χ2v) is 5.97. The summed E-state index contributed by atoms with van der Waals surface area (Å²) in [6.07, 6.45) is 6.61. The maximum Gasteiger partial charge on any atom is 0.120 e. The Morgan fingerprint density at radius 1 is 1.32 bits per heavy atom. The van der Waals surface area contributed by atoms with Crippen LogP contribution in [0.5, 0.6) is 0 Å². The van der Waals surface area contributed by atoms with Crippen LogP contribution in [0.2, 0.25) is 0 Å². The average molecular weight is 264 g/mol. The molecule has 0 radical (unpaired) electrons. The molecule has 1 aliphatic heterocycles. The quantitative estimate of drug-likeness (QED) is 0.854. The van der Waals surface area contributed by atoms with E-state index in [9.17, 15) is 0 Å². The first-order valence-electron chi connectivity index (χ1n) is 7.71. The van der Waals surface area contributed by atoms with Crippen LogP contribution in [0.25, 0.3) is 0 Å². The van der Waals surface area contributed by atoms with Crippen LogP contribution in [0.4, 0.5) is 0 Å². The SMILES string of the molecule is Cc1ccc(C(C)NC(C)CC2CCCCCN2)o1. The Bertz CT molecular complexity index is 367. The number of furan rings is 1. The van der Waals surface area contributed by atoms with Crippen LogP contribution in [-0.2, 0) is 0 Å². The lowest BCUT2D eigenvalue weighted by Crippen LogP contribution is -2.37. The van der Waals surface area contributed by atoms with Crippen LogP contribution in [0.3, 0.4) is 0 Å². The van der Waals surface area contributed by atoms with Crippen LogP contribution in [0.15, 0.2) is 16.5 Å². The Hall–Kier alpha value is -0.800. The molecule has 2 rings (SSSR count). The molecule has 19 heavy (non-hydrogen) atoms. The van der Waals surface area contributed by atoms with Gasteiger partial charge in [0.15, 0.2) is 0 Å². The van der Waals surface area contributed by atoms with Gasteiger partial charge in [-0.1, -0.05) is 12.8 Å². The first kappa shape index (κ1) is 14.6. The molecule has 0 spiro atoms. The molecule has 3 unspecified atom stereocenters. The van der Waals surface area contributed by atoms with E-state index in [1.807, 2.05) is 13.0 Å². The van der Waals surface area contributed by atoms with E-state index in [0.29, 0.717) is 12.1 Å². The van der Waals surface area contributed by atoms with Gasteiger partial charge in [0.25, 0.3) is 0 Å². The number of nitrogens with one attached hydrogen (secondary N) is 2. The molecule has 2 heterocycles. The highest BCUT2D eigenvalue weighted by atomic mass is 16.3. The van der Waals surface area contributed by atoms with Crippen LogP contribution in [-0.4, -0.2) is 18.6 Å². The number of hydrogen-bond acceptors (Lipinski definition) is 3. The summed E-state index contributed by atoms with van der Waals surface area (Å²) in [6, 6.07) is 5.58. The molecule has 1 aromatic rings. The van der Waals surface area contributed by atoms with Gasteiger partial charge in [0, 0.05) is 12.1 Å². The zero-order valence-corrected chi connectivity index (χ0v) is 12.5. The Balaban J connectivity index is 1.78. The van der Waals surface area contributed by atoms with Crippen molar-refractivity contribution in [2.75, 3.05) is 6.54 Å². The molecular weight excluding hydrogens is 236 g/mol. The minimum absolute atomic E-state index is 0.287. The fourth-order valence-corrected chi connectivity index (χ4v) is 2.99. The lowest BCUT2D eigenvalue weighted by molar-refractivity contribution is 0.349. The molecule has 1 aliphatic rings. The summed E-state index contributed by atoms with van der Waals surface area (Å²) in [7, 11) is 0. The monoisotopic (exact) mass is 264 g/mol. The zero-order valence-electron chi connectivity index (χ0n) is 12.5. The van der Waals surface area contributed by atoms with Gasteiger partial charge in [-0.15, -0.1) is 0 Å². The molecule has 0 aromatic carbocycles. The lowest BCUT2D eigenvalue weighted by atomic mass is 10.0. The van der Waals surface area contributed by atoms with Crippen LogP contribution in [0.1, 0.15) is 63.5 Å². The van der Waals surface area contributed by atoms with Crippen molar-refractivity contribution in [2.24, 2.45) is 0 Å². The molecule has 0 saturated carbocycles. The van der Waals surface area contributed by atoms with Crippen molar-refractivity contribution in [1.82, 2.24) is 10.6 Å². The summed E-state index contributed by atoms with van der Waals surface area (Å²) in [6.45, 7) is 7.63. The third-order valence-corrected chi connectivity index (χ3v) is 4.02. The predicted molar refractivity (Wildman–Crippen MR) is 79.3 cm³/mol. The van der Waals surface area contributed by atoms with E-state index < -0.39 is 0 Å². The summed E-state index contributed by atoms with van der Waals surface area (Å²) >= 11 is 0. The molecule has 0 bridgehead atoms. The Morgan fingerprint density at radius 3 is 2.89 bits per heavy atom. The Labute approximate surface area is 117 Å². The van der Waals surface area contributed by atoms with E-state index in [1.54, 1.807) is 0 Å². The van der Waals surface area contributed by atoms with Gasteiger partial charge in [-0.2, -0.15) is 0 Å². The van der Waals surface area contributed by atoms with Crippen molar-refractivity contribution in [1.29, 1.82) is 0 Å². The van der Waals surface area contributed by atoms with E-state index >= 15 is 0 Å². The van der Waals surface area contributed by atoms with Crippen molar-refractivity contribution < 1.29 is 4.42 Å². The van der Waals surface area contributed by atoms with E-state index in [4.69, 9.17) is 4.42 Å². The van der Waals surface area contributed by atoms with Gasteiger partial charge in [0.05, 0.1) is 6.04 Å². The third-order valence-electron chi connectivity index (χ3n) is 4.02. The largest absolute Gasteiger partial charge is 0.465 e. The number of rotatable bonds is 5. The van der Waals surface area contributed by atoms with E-state index in [0.717, 1.165) is 11.5 Å². The molecule has 1 saturated heterocycles. The normalized spacial score (nSPS) is 23.8. The van der Waals surface area contributed by atoms with E-state index in [1.165, 1.54) is 38.6 Å². The lowest BCUT2D eigenvalue weighted by Gasteiger charge is -2.23. The van der Waals surface area contributed by atoms with Gasteiger partial charge in [0.2, 0.25) is 0 Å². The first-order chi connectivity index (χ1) is 9.15. The summed E-state index contributed by atoms with van der Waals surface area (Å²) in [5.74, 6) is 2.03. The summed E-state index contributed by atoms with van der Waals surface area (Å²) in [4.78, 5) is 0. The fourth-order valence-electron chi connectivity index (χ4n) is 2.99. The molecule has 1 fully saturated rings. The highest BCUT2D eigenvalue weighted by molar-refractivity contribution is 5.09. The Kier molecular flexibility index (Phi) is 5.46. The number of aryl methyl sites for hydroxylation is 1. The fraction of sp³-hybridized carbons (Fsp3) is 0.750. The van der Waals surface area contributed by atoms with Crippen molar-refractivity contribution in [3.05, 3.63) is 23.7 Å². The molecule has 1 aromatic heterocycles. The zero-order chi connectivity index (χ0) is 13.7. The smallest absolute Gasteiger partial charge is 0.120 e. The molecule has 0 amide bonds. The van der Waals surface area contributed by atoms with Gasteiger partial charge in [-0.3, -0.25) is 0 Å². The highest BCUT2D eigenvalue weighted by Crippen LogP contribution is 2.18. The van der Waals surface area contributed by atoms with E-state index in [2.05, 4.69) is 30.5 Å². The van der Waals surface area contributed by atoms with Gasteiger partial charge in [0.1, 0.15) is 11.5 Å². The maximum atomic E-state index is 5.68. The molecular formula is C16H28N2O. The van der Waals surface area contributed by atoms with Gasteiger partial charge in [-0.25, -0.2) is 0 Å². The van der Waals surface area contributed by atoms with Crippen molar-refractivity contribution in [3.63, 3.8) is 0 Å². The molecule has 3 heteroatoms. The van der Waals surface area contributed by atoms with Crippen molar-refractivity contribution >= 4 is 0 Å². The minimum Gasteiger partial charge on any atom is -0.465 e. The molecule has 0 aliphatic carbocycles. The third kappa shape index (κ3) is 4.66. The second kappa shape index (κ2) is 7.11. The van der Waals surface area contributed by atoms with Crippen LogP contribution in [0, 0.1) is 6.92 Å². The molecule has 3 nitrogen and oxygen atoms in total. The number of hydrogen-bond donors (Lipinski definition) is 2. The molecule has 108 valence electrons. The standard InChI is InChI=1S/C16H28N2O/c1-12(11-15-7-5-4-6-10-17-15)18-14(3)16-9-8-13(2)19-16/h8-9,12,14-15,17-18H,4-7,10-11H2,1-3H3. The van der Waals surface area contributed by atoms with Gasteiger partial charge in [-0.05, 0) is 58.7 Å². The molecule has 2 N–H and O–H groups in total. The summed E-state index contributed by atoms with van der Waals surface area (Å²) < 4.78 is 5.68. The first-order valence-corrected chi connectivity index (χ1v) is 7.71. The minimum atomic E-state index is 0.287. The summed E-state index contributed by atoms with van der Waals surface area (Å²) in [5.41, 5.74) is 0. The highest BCUT2D eigenvalue weighted by Gasteiger charge is 2.17. The van der Waals surface area contributed by atoms with Crippen LogP contribution >= 0.6 is 0 Å².